The lowest BCUT2D eigenvalue weighted by Gasteiger charge is -2.09. The average molecular weight is 333 g/mol. The van der Waals surface area contributed by atoms with E-state index in [1.54, 1.807) is 12.3 Å². The van der Waals surface area contributed by atoms with Crippen LogP contribution in [0.1, 0.15) is 17.5 Å². The zero-order valence-corrected chi connectivity index (χ0v) is 12.7. The summed E-state index contributed by atoms with van der Waals surface area (Å²) in [6.07, 6.45) is 1.49. The van der Waals surface area contributed by atoms with Gasteiger partial charge in [-0.15, -0.1) is 11.3 Å². The number of esters is 1. The molecule has 2 heterocycles. The Morgan fingerprint density at radius 3 is 2.83 bits per heavy atom. The Labute approximate surface area is 133 Å². The highest BCUT2D eigenvalue weighted by Gasteiger charge is 2.26. The Kier molecular flexibility index (Phi) is 3.75. The molecular weight excluding hydrogens is 322 g/mol. The molecule has 0 radical (unpaired) electrons. The van der Waals surface area contributed by atoms with Gasteiger partial charge in [-0.1, -0.05) is 0 Å². The standard InChI is InChI=1S/C15H11NO6S/c1-2-21-15(20)13-9(14-16-5-6-23-14)10(18)7-3-4-8(17)11(19)12(7)22-13/h3-6,17,19H,2H2,1H3. The van der Waals surface area contributed by atoms with Gasteiger partial charge >= 0.3 is 5.97 Å². The van der Waals surface area contributed by atoms with E-state index in [0.29, 0.717) is 5.01 Å². The molecule has 2 aromatic heterocycles. The van der Waals surface area contributed by atoms with Crippen molar-refractivity contribution in [3.05, 3.63) is 39.7 Å². The lowest BCUT2D eigenvalue weighted by molar-refractivity contribution is 0.0492. The lowest BCUT2D eigenvalue weighted by atomic mass is 10.1. The number of ether oxygens (including phenoxy) is 1. The summed E-state index contributed by atoms with van der Waals surface area (Å²) in [5.74, 6) is -2.28. The van der Waals surface area contributed by atoms with Crippen molar-refractivity contribution < 1.29 is 24.2 Å². The molecule has 8 heteroatoms. The SMILES string of the molecule is CCOC(=O)c1oc2c(O)c(O)ccc2c(=O)c1-c1nccs1. The molecule has 23 heavy (non-hydrogen) atoms. The van der Waals surface area contributed by atoms with E-state index in [0.717, 1.165) is 11.3 Å². The molecule has 0 spiro atoms. The molecule has 0 aliphatic rings. The third-order valence-corrected chi connectivity index (χ3v) is 3.91. The molecule has 0 amide bonds. The van der Waals surface area contributed by atoms with Gasteiger partial charge in [0.25, 0.3) is 0 Å². The van der Waals surface area contributed by atoms with Crippen LogP contribution in [0.5, 0.6) is 11.5 Å². The van der Waals surface area contributed by atoms with Crippen molar-refractivity contribution >= 4 is 28.3 Å². The first-order chi connectivity index (χ1) is 11.0. The Balaban J connectivity index is 2.42. The van der Waals surface area contributed by atoms with Gasteiger partial charge in [0.15, 0.2) is 11.3 Å². The molecule has 0 aliphatic heterocycles. The summed E-state index contributed by atoms with van der Waals surface area (Å²) in [6, 6.07) is 2.48. The second kappa shape index (κ2) is 5.73. The molecule has 0 saturated carbocycles. The number of hydrogen-bond donors (Lipinski definition) is 2. The number of phenolic OH excluding ortho intramolecular Hbond substituents is 2. The highest BCUT2D eigenvalue weighted by Crippen LogP contribution is 2.35. The van der Waals surface area contributed by atoms with Crippen LogP contribution >= 0.6 is 11.3 Å². The lowest BCUT2D eigenvalue weighted by Crippen LogP contribution is -2.14. The van der Waals surface area contributed by atoms with E-state index < -0.39 is 22.9 Å². The maximum atomic E-state index is 12.7. The minimum Gasteiger partial charge on any atom is -0.504 e. The van der Waals surface area contributed by atoms with Crippen LogP contribution in [0.15, 0.2) is 32.9 Å². The van der Waals surface area contributed by atoms with Gasteiger partial charge in [0.1, 0.15) is 10.6 Å². The van der Waals surface area contributed by atoms with E-state index in [4.69, 9.17) is 9.15 Å². The zero-order chi connectivity index (χ0) is 16.6. The quantitative estimate of drug-likeness (QED) is 0.559. The fraction of sp³-hybridized carbons (Fsp3) is 0.133. The van der Waals surface area contributed by atoms with Gasteiger partial charge in [-0.3, -0.25) is 4.79 Å². The van der Waals surface area contributed by atoms with E-state index >= 15 is 0 Å². The number of fused-ring (bicyclic) bond motifs is 1. The van der Waals surface area contributed by atoms with Crippen molar-refractivity contribution in [2.24, 2.45) is 0 Å². The van der Waals surface area contributed by atoms with Crippen molar-refractivity contribution in [2.45, 2.75) is 6.92 Å². The molecule has 7 nitrogen and oxygen atoms in total. The summed E-state index contributed by atoms with van der Waals surface area (Å²) in [5.41, 5.74) is -0.853. The van der Waals surface area contributed by atoms with Gasteiger partial charge in [-0.05, 0) is 19.1 Å². The molecule has 3 aromatic rings. The number of benzene rings is 1. The zero-order valence-electron chi connectivity index (χ0n) is 11.9. The largest absolute Gasteiger partial charge is 0.504 e. The first-order valence-electron chi connectivity index (χ1n) is 6.63. The van der Waals surface area contributed by atoms with Gasteiger partial charge in [0.2, 0.25) is 16.9 Å². The van der Waals surface area contributed by atoms with Crippen LogP contribution in [-0.2, 0) is 4.74 Å². The van der Waals surface area contributed by atoms with E-state index in [2.05, 4.69) is 4.98 Å². The second-order valence-electron chi connectivity index (χ2n) is 4.50. The molecule has 1 aromatic carbocycles. The van der Waals surface area contributed by atoms with Crippen LogP contribution in [0.4, 0.5) is 0 Å². The predicted molar refractivity (Wildman–Crippen MR) is 82.9 cm³/mol. The van der Waals surface area contributed by atoms with Gasteiger partial charge in [0, 0.05) is 11.6 Å². The Morgan fingerprint density at radius 1 is 1.39 bits per heavy atom. The molecule has 0 fully saturated rings. The molecule has 3 rings (SSSR count). The fourth-order valence-corrected chi connectivity index (χ4v) is 2.79. The first kappa shape index (κ1) is 15.0. The predicted octanol–water partition coefficient (Wildman–Crippen LogP) is 2.50. The van der Waals surface area contributed by atoms with Crippen LogP contribution in [0.2, 0.25) is 0 Å². The summed E-state index contributed by atoms with van der Waals surface area (Å²) in [4.78, 5) is 28.9. The maximum absolute atomic E-state index is 12.7. The van der Waals surface area contributed by atoms with Gasteiger partial charge in [-0.2, -0.15) is 0 Å². The van der Waals surface area contributed by atoms with Crippen molar-refractivity contribution in [1.29, 1.82) is 0 Å². The molecule has 0 aliphatic carbocycles. The molecule has 0 saturated heterocycles. The number of nitrogens with zero attached hydrogens (tertiary/aromatic N) is 1. The van der Waals surface area contributed by atoms with E-state index in [-0.39, 0.29) is 28.9 Å². The highest BCUT2D eigenvalue weighted by molar-refractivity contribution is 7.13. The number of carbonyl (C=O) groups is 1. The van der Waals surface area contributed by atoms with Crippen LogP contribution in [0.25, 0.3) is 21.5 Å². The Morgan fingerprint density at radius 2 is 2.17 bits per heavy atom. The molecule has 0 bridgehead atoms. The van der Waals surface area contributed by atoms with Crippen LogP contribution in [0, 0.1) is 0 Å². The third kappa shape index (κ3) is 2.42. The molecule has 0 unspecified atom stereocenters. The molecular formula is C15H11NO6S. The average Bonchev–Trinajstić information content (AvgIpc) is 3.05. The summed E-state index contributed by atoms with van der Waals surface area (Å²) < 4.78 is 10.3. The van der Waals surface area contributed by atoms with Gasteiger partial charge < -0.3 is 19.4 Å². The number of rotatable bonds is 3. The van der Waals surface area contributed by atoms with Crippen LogP contribution in [0.3, 0.4) is 0 Å². The number of hydrogen-bond acceptors (Lipinski definition) is 8. The summed E-state index contributed by atoms with van der Waals surface area (Å²) in [7, 11) is 0. The number of aromatic hydroxyl groups is 2. The Hall–Kier alpha value is -2.87. The number of phenols is 2. The van der Waals surface area contributed by atoms with E-state index in [1.165, 1.54) is 18.3 Å². The topological polar surface area (TPSA) is 110 Å². The van der Waals surface area contributed by atoms with Crippen molar-refractivity contribution in [3.8, 4) is 22.1 Å². The van der Waals surface area contributed by atoms with Gasteiger partial charge in [0.05, 0.1) is 12.0 Å². The summed E-state index contributed by atoms with van der Waals surface area (Å²) in [5, 5.41) is 21.4. The third-order valence-electron chi connectivity index (χ3n) is 3.12. The second-order valence-corrected chi connectivity index (χ2v) is 5.40. The minimum atomic E-state index is -0.848. The minimum absolute atomic E-state index is 0.0264. The Bertz CT molecular complexity index is 945. The normalized spacial score (nSPS) is 10.8. The number of aromatic nitrogens is 1. The van der Waals surface area contributed by atoms with Crippen LogP contribution < -0.4 is 5.43 Å². The fourth-order valence-electron chi connectivity index (χ4n) is 2.12. The molecule has 118 valence electrons. The number of thiazole rings is 1. The van der Waals surface area contributed by atoms with Gasteiger partial charge in [-0.25, -0.2) is 9.78 Å². The summed E-state index contributed by atoms with van der Waals surface area (Å²) >= 11 is 1.16. The van der Waals surface area contributed by atoms with E-state index in [1.807, 2.05) is 0 Å². The molecule has 0 atom stereocenters. The maximum Gasteiger partial charge on any atom is 0.375 e. The molecule has 2 N–H and O–H groups in total. The summed E-state index contributed by atoms with van der Waals surface area (Å²) in [6.45, 7) is 1.70. The number of carbonyl (C=O) groups excluding carboxylic acids is 1. The van der Waals surface area contributed by atoms with Crippen LogP contribution in [-0.4, -0.2) is 27.8 Å². The smallest absolute Gasteiger partial charge is 0.375 e. The highest BCUT2D eigenvalue weighted by atomic mass is 32.1. The first-order valence-corrected chi connectivity index (χ1v) is 7.51. The van der Waals surface area contributed by atoms with E-state index in [9.17, 15) is 19.8 Å². The van der Waals surface area contributed by atoms with Crippen molar-refractivity contribution in [2.75, 3.05) is 6.61 Å². The van der Waals surface area contributed by atoms with Crippen molar-refractivity contribution in [3.63, 3.8) is 0 Å². The monoisotopic (exact) mass is 333 g/mol. The van der Waals surface area contributed by atoms with Crippen molar-refractivity contribution in [1.82, 2.24) is 4.98 Å².